The van der Waals surface area contributed by atoms with Gasteiger partial charge >= 0.3 is 5.56 Å². The molecule has 1 atom stereocenters. The zero-order valence-electron chi connectivity index (χ0n) is 21.0. The van der Waals surface area contributed by atoms with E-state index in [1.807, 2.05) is 18.2 Å². The molecule has 2 heterocycles. The summed E-state index contributed by atoms with van der Waals surface area (Å²) in [4.78, 5) is 15.5. The van der Waals surface area contributed by atoms with Crippen LogP contribution in [0.3, 0.4) is 0 Å². The van der Waals surface area contributed by atoms with Gasteiger partial charge in [-0.25, -0.2) is 17.8 Å². The van der Waals surface area contributed by atoms with Crippen molar-refractivity contribution < 1.29 is 13.5 Å². The third-order valence-corrected chi connectivity index (χ3v) is 7.99. The minimum atomic E-state index is -0.774. The molecular formula is C27H31F2N5O2S. The van der Waals surface area contributed by atoms with E-state index in [9.17, 15) is 13.6 Å². The van der Waals surface area contributed by atoms with Gasteiger partial charge in [-0.05, 0) is 37.5 Å². The van der Waals surface area contributed by atoms with Gasteiger partial charge in [0.05, 0.1) is 18.5 Å². The number of rotatable bonds is 9. The molecule has 0 amide bonds. The van der Waals surface area contributed by atoms with Gasteiger partial charge in [0, 0.05) is 55.8 Å². The van der Waals surface area contributed by atoms with E-state index in [1.54, 1.807) is 18.3 Å². The van der Waals surface area contributed by atoms with E-state index < -0.39 is 17.2 Å². The number of aromatic nitrogens is 2. The average Bonchev–Trinajstić information content (AvgIpc) is 3.63. The summed E-state index contributed by atoms with van der Waals surface area (Å²) >= 11 is 1.60. The highest BCUT2D eigenvalue weighted by molar-refractivity contribution is 7.95. The molecule has 1 aliphatic carbocycles. The maximum atomic E-state index is 13.8. The molecule has 196 valence electrons. The molecule has 10 heteroatoms. The number of piperazine rings is 1. The van der Waals surface area contributed by atoms with Crippen LogP contribution in [0.2, 0.25) is 0 Å². The molecule has 37 heavy (non-hydrogen) atoms. The van der Waals surface area contributed by atoms with Gasteiger partial charge in [-0.15, -0.1) is 0 Å². The van der Waals surface area contributed by atoms with Crippen LogP contribution in [-0.4, -0.2) is 46.9 Å². The van der Waals surface area contributed by atoms with Crippen LogP contribution in [-0.2, 0) is 0 Å². The minimum Gasteiger partial charge on any atom is -0.486 e. The summed E-state index contributed by atoms with van der Waals surface area (Å²) in [5, 5.41) is 4.26. The first-order chi connectivity index (χ1) is 17.8. The van der Waals surface area contributed by atoms with Crippen molar-refractivity contribution in [2.75, 3.05) is 37.7 Å². The third kappa shape index (κ3) is 6.14. The summed E-state index contributed by atoms with van der Waals surface area (Å²) in [6.07, 6.45) is 3.65. The van der Waals surface area contributed by atoms with Crippen molar-refractivity contribution in [2.45, 2.75) is 32.7 Å². The molecular weight excluding hydrogens is 496 g/mol. The number of ether oxygens (including phenoxy) is 1. The van der Waals surface area contributed by atoms with Crippen LogP contribution in [0.25, 0.3) is 5.69 Å². The first kappa shape index (κ1) is 25.7. The SMILES string of the molecule is CC(NSN1CCN(c2cnn(-c3cc(F)cc(F)c3)c(=O)c2OCC2(C)CC2)CC1)c1ccccc1. The van der Waals surface area contributed by atoms with Crippen molar-refractivity contribution in [3.05, 3.63) is 82.3 Å². The molecule has 2 aromatic carbocycles. The van der Waals surface area contributed by atoms with Crippen LogP contribution in [0, 0.1) is 17.0 Å². The Labute approximate surface area is 219 Å². The van der Waals surface area contributed by atoms with Crippen LogP contribution in [0.5, 0.6) is 5.75 Å². The smallest absolute Gasteiger partial charge is 0.316 e. The van der Waals surface area contributed by atoms with Crippen molar-refractivity contribution in [2.24, 2.45) is 5.41 Å². The van der Waals surface area contributed by atoms with Crippen molar-refractivity contribution in [1.29, 1.82) is 0 Å². The number of halogens is 2. The van der Waals surface area contributed by atoms with E-state index in [-0.39, 0.29) is 22.9 Å². The monoisotopic (exact) mass is 527 g/mol. The molecule has 2 fully saturated rings. The minimum absolute atomic E-state index is 0.0244. The maximum absolute atomic E-state index is 13.8. The number of nitrogens with one attached hydrogen (secondary N) is 1. The number of hydrogen-bond donors (Lipinski definition) is 1. The summed E-state index contributed by atoms with van der Waals surface area (Å²) in [6, 6.07) is 13.4. The zero-order chi connectivity index (χ0) is 26.0. The highest BCUT2D eigenvalue weighted by Crippen LogP contribution is 2.45. The second-order valence-corrected chi connectivity index (χ2v) is 11.0. The number of hydrogen-bond acceptors (Lipinski definition) is 7. The summed E-state index contributed by atoms with van der Waals surface area (Å²) in [6.45, 7) is 7.57. The summed E-state index contributed by atoms with van der Waals surface area (Å²) in [5.41, 5.74) is 1.39. The summed E-state index contributed by atoms with van der Waals surface area (Å²) < 4.78 is 40.5. The van der Waals surface area contributed by atoms with E-state index >= 15 is 0 Å². The Balaban J connectivity index is 1.31. The van der Waals surface area contributed by atoms with Gasteiger partial charge < -0.3 is 9.64 Å². The first-order valence-electron chi connectivity index (χ1n) is 12.5. The van der Waals surface area contributed by atoms with Gasteiger partial charge in [0.2, 0.25) is 5.75 Å². The molecule has 1 aliphatic heterocycles. The number of benzene rings is 2. The fourth-order valence-electron chi connectivity index (χ4n) is 4.22. The largest absolute Gasteiger partial charge is 0.486 e. The number of nitrogens with zero attached hydrogens (tertiary/aromatic N) is 4. The molecule has 5 rings (SSSR count). The number of anilines is 1. The Morgan fingerprint density at radius 2 is 1.76 bits per heavy atom. The molecule has 1 saturated heterocycles. The molecule has 1 saturated carbocycles. The van der Waals surface area contributed by atoms with E-state index in [2.05, 4.69) is 45.0 Å². The lowest BCUT2D eigenvalue weighted by Gasteiger charge is -2.36. The summed E-state index contributed by atoms with van der Waals surface area (Å²) in [7, 11) is 0. The zero-order valence-corrected chi connectivity index (χ0v) is 21.8. The van der Waals surface area contributed by atoms with E-state index in [4.69, 9.17) is 4.74 Å². The predicted molar refractivity (Wildman–Crippen MR) is 142 cm³/mol. The highest BCUT2D eigenvalue weighted by atomic mass is 32.2. The van der Waals surface area contributed by atoms with E-state index in [1.165, 1.54) is 5.56 Å². The molecule has 1 N–H and O–H groups in total. The molecule has 0 bridgehead atoms. The van der Waals surface area contributed by atoms with Crippen LogP contribution >= 0.6 is 12.1 Å². The lowest BCUT2D eigenvalue weighted by atomic mass is 10.1. The molecule has 1 unspecified atom stereocenters. The molecule has 2 aliphatic rings. The predicted octanol–water partition coefficient (Wildman–Crippen LogP) is 4.73. The Kier molecular flexibility index (Phi) is 7.50. The fourth-order valence-corrected chi connectivity index (χ4v) is 5.01. The van der Waals surface area contributed by atoms with Crippen LogP contribution in [0.4, 0.5) is 14.5 Å². The van der Waals surface area contributed by atoms with Crippen molar-refractivity contribution >= 4 is 17.8 Å². The molecule has 0 spiro atoms. The van der Waals surface area contributed by atoms with E-state index in [0.29, 0.717) is 25.4 Å². The van der Waals surface area contributed by atoms with Gasteiger partial charge in [0.15, 0.2) is 0 Å². The quantitative estimate of drug-likeness (QED) is 0.404. The van der Waals surface area contributed by atoms with Gasteiger partial charge in [-0.3, -0.25) is 4.79 Å². The van der Waals surface area contributed by atoms with Gasteiger partial charge in [-0.2, -0.15) is 9.78 Å². The van der Waals surface area contributed by atoms with Crippen LogP contribution in [0.1, 0.15) is 38.3 Å². The third-order valence-electron chi connectivity index (χ3n) is 6.91. The first-order valence-corrected chi connectivity index (χ1v) is 13.3. The Hall–Kier alpha value is -2.95. The molecule has 3 aromatic rings. The molecule has 0 radical (unpaired) electrons. The second-order valence-electron chi connectivity index (χ2n) is 10.1. The van der Waals surface area contributed by atoms with Crippen LogP contribution in [0.15, 0.2) is 59.5 Å². The van der Waals surface area contributed by atoms with Crippen molar-refractivity contribution in [3.8, 4) is 11.4 Å². The highest BCUT2D eigenvalue weighted by Gasteiger charge is 2.39. The van der Waals surface area contributed by atoms with Crippen molar-refractivity contribution in [3.63, 3.8) is 0 Å². The fraction of sp³-hybridized carbons (Fsp3) is 0.407. The second kappa shape index (κ2) is 10.8. The maximum Gasteiger partial charge on any atom is 0.316 e. The standard InChI is InChI=1S/C27H31F2N5O2S/c1-19(20-6-4-3-5-7-20)31-37-33-12-10-32(11-13-33)24-17-30-34(23-15-21(28)14-22(29)16-23)26(35)25(24)36-18-27(2)8-9-27/h3-7,14-17,19,31H,8-13,18H2,1-2H3. The van der Waals surface area contributed by atoms with Crippen molar-refractivity contribution in [1.82, 2.24) is 18.8 Å². The lowest BCUT2D eigenvalue weighted by Crippen LogP contribution is -2.45. The normalized spacial score (nSPS) is 18.0. The molecule has 1 aromatic heterocycles. The Morgan fingerprint density at radius 3 is 2.41 bits per heavy atom. The Bertz CT molecular complexity index is 1270. The van der Waals surface area contributed by atoms with Gasteiger partial charge in [-0.1, -0.05) is 37.3 Å². The summed E-state index contributed by atoms with van der Waals surface area (Å²) in [5.74, 6) is -1.38. The average molecular weight is 528 g/mol. The topological polar surface area (TPSA) is 62.6 Å². The van der Waals surface area contributed by atoms with Gasteiger partial charge in [0.25, 0.3) is 0 Å². The van der Waals surface area contributed by atoms with E-state index in [0.717, 1.165) is 48.8 Å². The lowest BCUT2D eigenvalue weighted by molar-refractivity contribution is 0.242. The molecule has 7 nitrogen and oxygen atoms in total. The van der Waals surface area contributed by atoms with Gasteiger partial charge in [0.1, 0.15) is 17.3 Å². The van der Waals surface area contributed by atoms with Crippen LogP contribution < -0.4 is 19.9 Å². The Morgan fingerprint density at radius 1 is 1.08 bits per heavy atom.